The van der Waals surface area contributed by atoms with Crippen molar-refractivity contribution in [3.63, 3.8) is 0 Å². The molecular weight excluding hydrogens is 347 g/mol. The van der Waals surface area contributed by atoms with Gasteiger partial charge in [0, 0.05) is 17.5 Å². The number of halogens is 4. The highest BCUT2D eigenvalue weighted by molar-refractivity contribution is 7.89. The highest BCUT2D eigenvalue weighted by atomic mass is 35.5. The normalized spacial score (nSPS) is 13.8. The maximum atomic E-state index is 12.7. The summed E-state index contributed by atoms with van der Waals surface area (Å²) in [7, 11) is -4.14. The van der Waals surface area contributed by atoms with E-state index in [1.165, 1.54) is 12.1 Å². The van der Waals surface area contributed by atoms with Crippen LogP contribution in [-0.4, -0.2) is 27.1 Å². The number of sulfonamides is 1. The molecular formula is C12H12ClF3NO4S-. The summed E-state index contributed by atoms with van der Waals surface area (Å²) in [6.07, 6.45) is -6.31. The van der Waals surface area contributed by atoms with Gasteiger partial charge in [-0.25, -0.2) is 13.1 Å². The molecule has 22 heavy (non-hydrogen) atoms. The lowest BCUT2D eigenvalue weighted by Gasteiger charge is -2.20. The van der Waals surface area contributed by atoms with E-state index in [1.807, 2.05) is 4.72 Å². The minimum absolute atomic E-state index is 0.238. The van der Waals surface area contributed by atoms with E-state index in [2.05, 4.69) is 0 Å². The Bertz CT molecular complexity index is 616. The monoisotopic (exact) mass is 358 g/mol. The molecule has 1 N–H and O–H groups in total. The smallest absolute Gasteiger partial charge is 0.393 e. The summed E-state index contributed by atoms with van der Waals surface area (Å²) >= 11 is 5.59. The van der Waals surface area contributed by atoms with Crippen LogP contribution >= 0.6 is 11.6 Å². The molecule has 1 aromatic rings. The van der Waals surface area contributed by atoms with E-state index in [4.69, 9.17) is 11.6 Å². The Kier molecular flexibility index (Phi) is 6.21. The summed E-state index contributed by atoms with van der Waals surface area (Å²) in [6, 6.07) is 4.86. The first kappa shape index (κ1) is 18.7. The Morgan fingerprint density at radius 1 is 1.27 bits per heavy atom. The van der Waals surface area contributed by atoms with Crippen molar-refractivity contribution in [2.75, 3.05) is 6.54 Å². The largest absolute Gasteiger partial charge is 0.550 e. The zero-order chi connectivity index (χ0) is 17.0. The van der Waals surface area contributed by atoms with E-state index < -0.39 is 47.5 Å². The van der Waals surface area contributed by atoms with Gasteiger partial charge in [-0.15, -0.1) is 0 Å². The van der Waals surface area contributed by atoms with E-state index in [0.717, 1.165) is 12.1 Å². The van der Waals surface area contributed by atoms with Crippen LogP contribution in [0.25, 0.3) is 0 Å². The number of carbonyl (C=O) groups is 1. The van der Waals surface area contributed by atoms with Gasteiger partial charge in [-0.05, 0) is 37.1 Å². The third-order valence-electron chi connectivity index (χ3n) is 2.80. The van der Waals surface area contributed by atoms with Gasteiger partial charge in [0.1, 0.15) is 0 Å². The lowest BCUT2D eigenvalue weighted by atomic mass is 10.0. The van der Waals surface area contributed by atoms with Gasteiger partial charge in [-0.1, -0.05) is 11.6 Å². The second-order valence-electron chi connectivity index (χ2n) is 4.46. The number of rotatable bonds is 7. The molecule has 0 aliphatic heterocycles. The van der Waals surface area contributed by atoms with E-state index >= 15 is 0 Å². The molecule has 0 radical (unpaired) electrons. The zero-order valence-electron chi connectivity index (χ0n) is 11.1. The molecule has 0 saturated heterocycles. The fourth-order valence-corrected chi connectivity index (χ4v) is 2.79. The lowest BCUT2D eigenvalue weighted by Crippen LogP contribution is -2.37. The molecule has 1 rings (SSSR count). The maximum Gasteiger partial charge on any atom is 0.393 e. The van der Waals surface area contributed by atoms with Gasteiger partial charge in [-0.2, -0.15) is 13.2 Å². The van der Waals surface area contributed by atoms with Crippen molar-refractivity contribution in [2.45, 2.75) is 23.9 Å². The summed E-state index contributed by atoms with van der Waals surface area (Å²) in [5.74, 6) is -3.75. The molecule has 124 valence electrons. The van der Waals surface area contributed by atoms with E-state index in [1.54, 1.807) is 0 Å². The predicted molar refractivity (Wildman–Crippen MR) is 70.4 cm³/mol. The van der Waals surface area contributed by atoms with Crippen LogP contribution in [0.2, 0.25) is 5.02 Å². The van der Waals surface area contributed by atoms with E-state index in [-0.39, 0.29) is 9.92 Å². The quantitative estimate of drug-likeness (QED) is 0.796. The number of aliphatic carboxylic acids is 1. The number of carbonyl (C=O) groups excluding carboxylic acids is 1. The van der Waals surface area contributed by atoms with Gasteiger partial charge in [0.25, 0.3) is 0 Å². The average molecular weight is 359 g/mol. The van der Waals surface area contributed by atoms with Gasteiger partial charge in [0.05, 0.1) is 10.8 Å². The Morgan fingerprint density at radius 2 is 1.82 bits per heavy atom. The lowest BCUT2D eigenvalue weighted by molar-refractivity contribution is -0.306. The summed E-state index contributed by atoms with van der Waals surface area (Å²) < 4.78 is 63.8. The van der Waals surface area contributed by atoms with Crippen molar-refractivity contribution in [1.29, 1.82) is 0 Å². The van der Waals surface area contributed by atoms with Crippen LogP contribution in [0.5, 0.6) is 0 Å². The number of alkyl halides is 3. The topological polar surface area (TPSA) is 86.3 Å². The summed E-state index contributed by atoms with van der Waals surface area (Å²) in [5, 5.41) is 10.5. The predicted octanol–water partition coefficient (Wildman–Crippen LogP) is 1.33. The third-order valence-corrected chi connectivity index (χ3v) is 4.49. The van der Waals surface area contributed by atoms with Crippen LogP contribution in [-0.2, 0) is 14.8 Å². The van der Waals surface area contributed by atoms with Crippen LogP contribution in [0.3, 0.4) is 0 Å². The van der Waals surface area contributed by atoms with Crippen molar-refractivity contribution in [2.24, 2.45) is 5.92 Å². The van der Waals surface area contributed by atoms with E-state index in [9.17, 15) is 31.5 Å². The maximum absolute atomic E-state index is 12.7. The molecule has 0 fully saturated rings. The highest BCUT2D eigenvalue weighted by Crippen LogP contribution is 2.29. The first-order valence-electron chi connectivity index (χ1n) is 6.04. The molecule has 0 bridgehead atoms. The van der Waals surface area contributed by atoms with Crippen molar-refractivity contribution in [3.8, 4) is 0 Å². The fourth-order valence-electron chi connectivity index (χ4n) is 1.58. The molecule has 0 amide bonds. The summed E-state index contributed by atoms with van der Waals surface area (Å²) in [4.78, 5) is 10.0. The van der Waals surface area contributed by atoms with Gasteiger partial charge in [0.2, 0.25) is 10.0 Å². The number of carboxylic acids is 1. The van der Waals surface area contributed by atoms with Crippen molar-refractivity contribution < 1.29 is 31.5 Å². The molecule has 0 aliphatic carbocycles. The fraction of sp³-hybridized carbons (Fsp3) is 0.417. The third kappa shape index (κ3) is 5.82. The van der Waals surface area contributed by atoms with Crippen molar-refractivity contribution >= 4 is 27.6 Å². The number of hydrogen-bond donors (Lipinski definition) is 1. The standard InChI is InChI=1S/C12H13ClF3NO4S/c13-9-2-4-10(5-3-9)22(20,21)17-7-8(12(14,15)16)1-6-11(18)19/h2-5,8,17H,1,6-7H2,(H,18,19)/p-1/t8-/m1/s1. The van der Waals surface area contributed by atoms with Gasteiger partial charge in [-0.3, -0.25) is 0 Å². The average Bonchev–Trinajstić information content (AvgIpc) is 2.37. The number of hydrogen-bond acceptors (Lipinski definition) is 4. The minimum Gasteiger partial charge on any atom is -0.550 e. The Labute approximate surface area is 130 Å². The highest BCUT2D eigenvalue weighted by Gasteiger charge is 2.39. The number of carboxylic acid groups (broad SMARTS) is 1. The molecule has 0 aromatic heterocycles. The Balaban J connectivity index is 2.78. The molecule has 10 heteroatoms. The summed E-state index contributed by atoms with van der Waals surface area (Å²) in [5.41, 5.74) is 0. The van der Waals surface area contributed by atoms with Crippen LogP contribution in [0.15, 0.2) is 29.2 Å². The van der Waals surface area contributed by atoms with Crippen LogP contribution in [0.1, 0.15) is 12.8 Å². The minimum atomic E-state index is -4.72. The molecule has 0 aliphatic rings. The zero-order valence-corrected chi connectivity index (χ0v) is 12.6. The molecule has 0 heterocycles. The molecule has 0 spiro atoms. The molecule has 0 saturated carbocycles. The summed E-state index contributed by atoms with van der Waals surface area (Å²) in [6.45, 7) is -0.957. The molecule has 1 aromatic carbocycles. The SMILES string of the molecule is O=C([O-])CC[C@H](CNS(=O)(=O)c1ccc(Cl)cc1)C(F)(F)F. The number of benzene rings is 1. The van der Waals surface area contributed by atoms with Gasteiger partial charge < -0.3 is 9.90 Å². The van der Waals surface area contributed by atoms with Crippen molar-refractivity contribution in [3.05, 3.63) is 29.3 Å². The number of nitrogens with one attached hydrogen (secondary N) is 1. The van der Waals surface area contributed by atoms with Gasteiger partial charge >= 0.3 is 6.18 Å². The van der Waals surface area contributed by atoms with Crippen LogP contribution in [0.4, 0.5) is 13.2 Å². The second kappa shape index (κ2) is 7.30. The van der Waals surface area contributed by atoms with Gasteiger partial charge in [0.15, 0.2) is 0 Å². The Hall–Kier alpha value is -1.32. The molecule has 5 nitrogen and oxygen atoms in total. The van der Waals surface area contributed by atoms with Crippen molar-refractivity contribution in [1.82, 2.24) is 4.72 Å². The Morgan fingerprint density at radius 3 is 2.27 bits per heavy atom. The molecule has 1 atom stereocenters. The van der Waals surface area contributed by atoms with Crippen LogP contribution in [0, 0.1) is 5.92 Å². The van der Waals surface area contributed by atoms with Crippen LogP contribution < -0.4 is 9.83 Å². The second-order valence-corrected chi connectivity index (χ2v) is 6.66. The first-order chi connectivity index (χ1) is 10.0. The molecule has 0 unspecified atom stereocenters. The van der Waals surface area contributed by atoms with E-state index in [0.29, 0.717) is 0 Å². The first-order valence-corrected chi connectivity index (χ1v) is 7.90.